The highest BCUT2D eigenvalue weighted by molar-refractivity contribution is 7.98. The average Bonchev–Trinajstić information content (AvgIpc) is 3.01. The van der Waals surface area contributed by atoms with Gasteiger partial charge in [-0.2, -0.15) is 0 Å². The molecule has 4 aromatic rings. The van der Waals surface area contributed by atoms with Gasteiger partial charge in [-0.05, 0) is 41.5 Å². The molecule has 0 fully saturated rings. The molecule has 0 unspecified atom stereocenters. The van der Waals surface area contributed by atoms with Crippen LogP contribution in [0.1, 0.15) is 11.1 Å². The number of nitrogens with zero attached hydrogens (tertiary/aromatic N) is 1. The molecule has 1 nitrogen and oxygen atoms in total. The SMILES string of the molecule is Clc1ccc(CSc2cn(Cc3ccc(Cl)cc3)c3ccccc23)cc1. The number of benzene rings is 3. The predicted octanol–water partition coefficient (Wildman–Crippen LogP) is 7.29. The Morgan fingerprint density at radius 3 is 2.04 bits per heavy atom. The number of rotatable bonds is 5. The zero-order chi connectivity index (χ0) is 17.9. The number of fused-ring (bicyclic) bond motifs is 1. The molecule has 0 amide bonds. The standard InChI is InChI=1S/C22H17Cl2NS/c23-18-9-5-16(6-10-18)13-25-14-22(20-3-1-2-4-21(20)25)26-15-17-7-11-19(24)12-8-17/h1-12,14H,13,15H2. The second kappa shape index (κ2) is 7.79. The molecule has 26 heavy (non-hydrogen) atoms. The lowest BCUT2D eigenvalue weighted by atomic mass is 10.2. The van der Waals surface area contributed by atoms with Gasteiger partial charge in [0.25, 0.3) is 0 Å². The lowest BCUT2D eigenvalue weighted by Gasteiger charge is -2.05. The van der Waals surface area contributed by atoms with Gasteiger partial charge in [-0.1, -0.05) is 65.7 Å². The summed E-state index contributed by atoms with van der Waals surface area (Å²) in [5.41, 5.74) is 3.76. The monoisotopic (exact) mass is 397 g/mol. The van der Waals surface area contributed by atoms with Crippen LogP contribution in [0.15, 0.2) is 83.9 Å². The molecule has 0 aliphatic carbocycles. The van der Waals surface area contributed by atoms with Crippen LogP contribution in [0, 0.1) is 0 Å². The summed E-state index contributed by atoms with van der Waals surface area (Å²) in [6.45, 7) is 0.833. The zero-order valence-corrected chi connectivity index (χ0v) is 16.4. The van der Waals surface area contributed by atoms with Crippen molar-refractivity contribution in [1.29, 1.82) is 0 Å². The van der Waals surface area contributed by atoms with Crippen LogP contribution in [0.3, 0.4) is 0 Å². The first-order valence-electron chi connectivity index (χ1n) is 8.38. The average molecular weight is 398 g/mol. The van der Waals surface area contributed by atoms with E-state index in [0.717, 1.165) is 22.3 Å². The van der Waals surface area contributed by atoms with Crippen LogP contribution in [-0.4, -0.2) is 4.57 Å². The molecule has 0 radical (unpaired) electrons. The van der Waals surface area contributed by atoms with Crippen LogP contribution in [-0.2, 0) is 12.3 Å². The van der Waals surface area contributed by atoms with E-state index < -0.39 is 0 Å². The van der Waals surface area contributed by atoms with Crippen molar-refractivity contribution in [3.63, 3.8) is 0 Å². The summed E-state index contributed by atoms with van der Waals surface area (Å²) in [6.07, 6.45) is 2.25. The predicted molar refractivity (Wildman–Crippen MR) is 114 cm³/mol. The van der Waals surface area contributed by atoms with E-state index in [1.165, 1.54) is 26.9 Å². The molecule has 4 rings (SSSR count). The number of thioether (sulfide) groups is 1. The zero-order valence-electron chi connectivity index (χ0n) is 14.0. The van der Waals surface area contributed by atoms with E-state index in [-0.39, 0.29) is 0 Å². The molecule has 0 spiro atoms. The van der Waals surface area contributed by atoms with Crippen molar-refractivity contribution >= 4 is 45.9 Å². The summed E-state index contributed by atoms with van der Waals surface area (Å²) in [5, 5.41) is 2.84. The first kappa shape index (κ1) is 17.5. The minimum atomic E-state index is 0.769. The van der Waals surface area contributed by atoms with Gasteiger partial charge in [0.2, 0.25) is 0 Å². The summed E-state index contributed by atoms with van der Waals surface area (Å²) in [4.78, 5) is 1.30. The van der Waals surface area contributed by atoms with Gasteiger partial charge in [0, 0.05) is 44.3 Å². The molecule has 130 valence electrons. The topological polar surface area (TPSA) is 4.93 Å². The van der Waals surface area contributed by atoms with Gasteiger partial charge in [0.15, 0.2) is 0 Å². The maximum absolute atomic E-state index is 6.00. The molecule has 0 saturated carbocycles. The third-order valence-electron chi connectivity index (χ3n) is 4.33. The molecule has 0 atom stereocenters. The summed E-state index contributed by atoms with van der Waals surface area (Å²) in [6, 6.07) is 24.7. The van der Waals surface area contributed by atoms with E-state index in [0.29, 0.717) is 0 Å². The van der Waals surface area contributed by atoms with Crippen LogP contribution in [0.2, 0.25) is 10.0 Å². The van der Waals surface area contributed by atoms with Gasteiger partial charge in [-0.25, -0.2) is 0 Å². The lowest BCUT2D eigenvalue weighted by molar-refractivity contribution is 0.830. The molecule has 0 saturated heterocycles. The van der Waals surface area contributed by atoms with Crippen molar-refractivity contribution < 1.29 is 0 Å². The Morgan fingerprint density at radius 2 is 1.35 bits per heavy atom. The van der Waals surface area contributed by atoms with E-state index in [4.69, 9.17) is 23.2 Å². The summed E-state index contributed by atoms with van der Waals surface area (Å²) in [7, 11) is 0. The first-order chi connectivity index (χ1) is 12.7. The third kappa shape index (κ3) is 3.93. The van der Waals surface area contributed by atoms with Gasteiger partial charge >= 0.3 is 0 Å². The van der Waals surface area contributed by atoms with Crippen molar-refractivity contribution in [2.24, 2.45) is 0 Å². The number of hydrogen-bond acceptors (Lipinski definition) is 1. The molecular weight excluding hydrogens is 381 g/mol. The highest BCUT2D eigenvalue weighted by Gasteiger charge is 2.09. The Balaban J connectivity index is 1.60. The van der Waals surface area contributed by atoms with Crippen LogP contribution in [0.25, 0.3) is 10.9 Å². The largest absolute Gasteiger partial charge is 0.342 e. The van der Waals surface area contributed by atoms with Gasteiger partial charge in [-0.3, -0.25) is 0 Å². The number of para-hydroxylation sites is 1. The Kier molecular flexibility index (Phi) is 5.26. The number of aromatic nitrogens is 1. The maximum Gasteiger partial charge on any atom is 0.0495 e. The first-order valence-corrected chi connectivity index (χ1v) is 10.1. The molecule has 0 bridgehead atoms. The Morgan fingerprint density at radius 1 is 0.731 bits per heavy atom. The fourth-order valence-corrected chi connectivity index (χ4v) is 4.28. The molecule has 3 aromatic carbocycles. The summed E-state index contributed by atoms with van der Waals surface area (Å²) < 4.78 is 2.31. The quantitative estimate of drug-likeness (QED) is 0.320. The summed E-state index contributed by atoms with van der Waals surface area (Å²) >= 11 is 13.8. The minimum Gasteiger partial charge on any atom is -0.342 e. The molecule has 0 aliphatic heterocycles. The Hall–Kier alpha value is -1.87. The second-order valence-corrected chi connectivity index (χ2v) is 8.07. The third-order valence-corrected chi connectivity index (χ3v) is 5.94. The molecular formula is C22H17Cl2NS. The van der Waals surface area contributed by atoms with E-state index in [2.05, 4.69) is 59.3 Å². The fourth-order valence-electron chi connectivity index (χ4n) is 2.99. The van der Waals surface area contributed by atoms with Gasteiger partial charge in [-0.15, -0.1) is 11.8 Å². The second-order valence-electron chi connectivity index (χ2n) is 6.18. The fraction of sp³-hybridized carbons (Fsp3) is 0.0909. The number of halogens is 2. The van der Waals surface area contributed by atoms with Crippen molar-refractivity contribution in [2.75, 3.05) is 0 Å². The number of hydrogen-bond donors (Lipinski definition) is 0. The molecule has 0 N–H and O–H groups in total. The van der Waals surface area contributed by atoms with Crippen LogP contribution in [0.5, 0.6) is 0 Å². The highest BCUT2D eigenvalue weighted by Crippen LogP contribution is 2.32. The smallest absolute Gasteiger partial charge is 0.0495 e. The molecule has 1 heterocycles. The van der Waals surface area contributed by atoms with Crippen LogP contribution in [0.4, 0.5) is 0 Å². The minimum absolute atomic E-state index is 0.769. The normalized spacial score (nSPS) is 11.2. The van der Waals surface area contributed by atoms with Crippen LogP contribution < -0.4 is 0 Å². The molecule has 4 heteroatoms. The lowest BCUT2D eigenvalue weighted by Crippen LogP contribution is -1.97. The van der Waals surface area contributed by atoms with Gasteiger partial charge in [0.1, 0.15) is 0 Å². The summed E-state index contributed by atoms with van der Waals surface area (Å²) in [5.74, 6) is 0.923. The van der Waals surface area contributed by atoms with E-state index in [1.807, 2.05) is 36.0 Å². The van der Waals surface area contributed by atoms with Crippen molar-refractivity contribution in [2.45, 2.75) is 17.2 Å². The highest BCUT2D eigenvalue weighted by atomic mass is 35.5. The van der Waals surface area contributed by atoms with Crippen molar-refractivity contribution in [1.82, 2.24) is 4.57 Å². The van der Waals surface area contributed by atoms with E-state index >= 15 is 0 Å². The van der Waals surface area contributed by atoms with Gasteiger partial charge < -0.3 is 4.57 Å². The molecule has 0 aliphatic rings. The Bertz CT molecular complexity index is 1020. The maximum atomic E-state index is 6.00. The van der Waals surface area contributed by atoms with Gasteiger partial charge in [0.05, 0.1) is 0 Å². The van der Waals surface area contributed by atoms with E-state index in [9.17, 15) is 0 Å². The van der Waals surface area contributed by atoms with Crippen molar-refractivity contribution in [3.8, 4) is 0 Å². The van der Waals surface area contributed by atoms with Crippen LogP contribution >= 0.6 is 35.0 Å². The Labute approximate surface area is 167 Å². The molecule has 1 aromatic heterocycles. The van der Waals surface area contributed by atoms with Crippen molar-refractivity contribution in [3.05, 3.63) is 100 Å². The van der Waals surface area contributed by atoms with E-state index in [1.54, 1.807) is 0 Å².